The van der Waals surface area contributed by atoms with Crippen LogP contribution in [0.25, 0.3) is 11.4 Å². The fourth-order valence-electron chi connectivity index (χ4n) is 3.00. The van der Waals surface area contributed by atoms with Gasteiger partial charge in [-0.25, -0.2) is 0 Å². The topological polar surface area (TPSA) is 92.0 Å². The van der Waals surface area contributed by atoms with Crippen molar-refractivity contribution in [1.29, 1.82) is 0 Å². The standard InChI is InChI=1S/C19H19BrF3N5O/c1-18(2,29-15-7-5-11(25)9-14(15)20)17-27-26-16(28(17)3)12-6-4-10(24)8-13(12)19(21,22)23/h4-9H,24-25H2,1-3H3. The number of nitrogen functional groups attached to an aromatic ring is 2. The van der Waals surface area contributed by atoms with Crippen molar-refractivity contribution in [1.82, 2.24) is 14.8 Å². The van der Waals surface area contributed by atoms with Gasteiger partial charge in [-0.05, 0) is 66.2 Å². The van der Waals surface area contributed by atoms with Gasteiger partial charge in [0.15, 0.2) is 17.2 Å². The molecule has 0 spiro atoms. The molecule has 0 amide bonds. The first-order valence-electron chi connectivity index (χ1n) is 8.51. The minimum atomic E-state index is -4.59. The number of hydrogen-bond acceptors (Lipinski definition) is 5. The lowest BCUT2D eigenvalue weighted by atomic mass is 10.0. The van der Waals surface area contributed by atoms with Gasteiger partial charge < -0.3 is 20.8 Å². The van der Waals surface area contributed by atoms with Gasteiger partial charge >= 0.3 is 6.18 Å². The maximum atomic E-state index is 13.5. The Morgan fingerprint density at radius 3 is 2.24 bits per heavy atom. The number of benzene rings is 2. The summed E-state index contributed by atoms with van der Waals surface area (Å²) in [5.41, 5.74) is 9.88. The molecule has 0 saturated carbocycles. The lowest BCUT2D eigenvalue weighted by Crippen LogP contribution is -2.29. The molecule has 4 N–H and O–H groups in total. The smallest absolute Gasteiger partial charge is 0.417 e. The van der Waals surface area contributed by atoms with Gasteiger partial charge in [0.2, 0.25) is 0 Å². The lowest BCUT2D eigenvalue weighted by molar-refractivity contribution is -0.137. The third kappa shape index (κ3) is 4.16. The zero-order valence-electron chi connectivity index (χ0n) is 15.9. The molecule has 1 aromatic heterocycles. The van der Waals surface area contributed by atoms with E-state index in [4.69, 9.17) is 16.2 Å². The van der Waals surface area contributed by atoms with Gasteiger partial charge in [0.05, 0.1) is 10.0 Å². The molecule has 0 aliphatic heterocycles. The highest BCUT2D eigenvalue weighted by Crippen LogP contribution is 2.39. The summed E-state index contributed by atoms with van der Waals surface area (Å²) in [6, 6.07) is 8.64. The van der Waals surface area contributed by atoms with Crippen LogP contribution in [-0.4, -0.2) is 14.8 Å². The van der Waals surface area contributed by atoms with E-state index >= 15 is 0 Å². The molecule has 0 aliphatic carbocycles. The number of ether oxygens (including phenoxy) is 1. The van der Waals surface area contributed by atoms with Gasteiger partial charge in [-0.2, -0.15) is 13.2 Å². The van der Waals surface area contributed by atoms with Crippen LogP contribution in [0.3, 0.4) is 0 Å². The molecule has 29 heavy (non-hydrogen) atoms. The average Bonchev–Trinajstić information content (AvgIpc) is 2.99. The lowest BCUT2D eigenvalue weighted by Gasteiger charge is -2.26. The van der Waals surface area contributed by atoms with Gasteiger partial charge in [-0.15, -0.1) is 10.2 Å². The van der Waals surface area contributed by atoms with Crippen LogP contribution in [0.2, 0.25) is 0 Å². The summed E-state index contributed by atoms with van der Waals surface area (Å²) in [5.74, 6) is 0.916. The van der Waals surface area contributed by atoms with Crippen LogP contribution >= 0.6 is 15.9 Å². The van der Waals surface area contributed by atoms with Crippen LogP contribution in [0.4, 0.5) is 24.5 Å². The molecule has 1 heterocycles. The van der Waals surface area contributed by atoms with Crippen LogP contribution in [0.15, 0.2) is 40.9 Å². The van der Waals surface area contributed by atoms with E-state index in [-0.39, 0.29) is 17.1 Å². The normalized spacial score (nSPS) is 12.2. The predicted molar refractivity (Wildman–Crippen MR) is 108 cm³/mol. The average molecular weight is 470 g/mol. The van der Waals surface area contributed by atoms with E-state index in [0.29, 0.717) is 21.7 Å². The molecule has 3 rings (SSSR count). The number of hydrogen-bond donors (Lipinski definition) is 2. The number of anilines is 2. The van der Waals surface area contributed by atoms with Crippen LogP contribution < -0.4 is 16.2 Å². The van der Waals surface area contributed by atoms with Gasteiger partial charge in [-0.1, -0.05) is 0 Å². The molecule has 2 aromatic carbocycles. The molecule has 0 aliphatic rings. The molecule has 0 atom stereocenters. The maximum Gasteiger partial charge on any atom is 0.417 e. The summed E-state index contributed by atoms with van der Waals surface area (Å²) in [5, 5.41) is 8.10. The highest BCUT2D eigenvalue weighted by molar-refractivity contribution is 9.10. The summed E-state index contributed by atoms with van der Waals surface area (Å²) >= 11 is 3.39. The fourth-order valence-corrected chi connectivity index (χ4v) is 3.48. The second kappa shape index (κ2) is 7.25. The SMILES string of the molecule is Cn1c(-c2ccc(N)cc2C(F)(F)F)nnc1C(C)(C)Oc1ccc(N)cc1Br. The molecular weight excluding hydrogens is 451 g/mol. The Bertz CT molecular complexity index is 1060. The Balaban J connectivity index is 2.04. The molecule has 154 valence electrons. The Labute approximate surface area is 173 Å². The Morgan fingerprint density at radius 1 is 1.00 bits per heavy atom. The zero-order chi connectivity index (χ0) is 21.6. The fraction of sp³-hybridized carbons (Fsp3) is 0.263. The molecule has 6 nitrogen and oxygen atoms in total. The summed E-state index contributed by atoms with van der Waals surface area (Å²) in [4.78, 5) is 0. The van der Waals surface area contributed by atoms with E-state index in [1.165, 1.54) is 16.7 Å². The van der Waals surface area contributed by atoms with Gasteiger partial charge in [0.25, 0.3) is 0 Å². The van der Waals surface area contributed by atoms with Crippen LogP contribution in [-0.2, 0) is 18.8 Å². The van der Waals surface area contributed by atoms with Crippen molar-refractivity contribution in [3.8, 4) is 17.1 Å². The Hall–Kier alpha value is -2.75. The maximum absolute atomic E-state index is 13.5. The van der Waals surface area contributed by atoms with Crippen molar-refractivity contribution in [3.05, 3.63) is 52.3 Å². The van der Waals surface area contributed by atoms with E-state index in [1.807, 2.05) is 0 Å². The first-order valence-corrected chi connectivity index (χ1v) is 9.30. The highest BCUT2D eigenvalue weighted by Gasteiger charge is 2.37. The van der Waals surface area contributed by atoms with Gasteiger partial charge in [0.1, 0.15) is 5.75 Å². The molecular formula is C19H19BrF3N5O. The number of rotatable bonds is 4. The first kappa shape index (κ1) is 21.0. The quantitative estimate of drug-likeness (QED) is 0.538. The minimum absolute atomic E-state index is 0.0142. The van der Waals surface area contributed by atoms with Gasteiger partial charge in [-0.3, -0.25) is 0 Å². The monoisotopic (exact) mass is 469 g/mol. The number of alkyl halides is 3. The molecule has 10 heteroatoms. The molecule has 3 aromatic rings. The van der Waals surface area contributed by atoms with Crippen molar-refractivity contribution in [2.24, 2.45) is 7.05 Å². The molecule has 0 fully saturated rings. The van der Waals surface area contributed by atoms with Crippen molar-refractivity contribution < 1.29 is 17.9 Å². The molecule has 0 radical (unpaired) electrons. The number of aromatic nitrogens is 3. The van der Waals surface area contributed by atoms with Crippen molar-refractivity contribution >= 4 is 27.3 Å². The van der Waals surface area contributed by atoms with E-state index in [0.717, 1.165) is 6.07 Å². The summed E-state index contributed by atoms with van der Waals surface area (Å²) in [6.07, 6.45) is -4.59. The largest absolute Gasteiger partial charge is 0.479 e. The zero-order valence-corrected chi connectivity index (χ0v) is 17.5. The van der Waals surface area contributed by atoms with Crippen LogP contribution in [0, 0.1) is 0 Å². The minimum Gasteiger partial charge on any atom is -0.479 e. The third-order valence-corrected chi connectivity index (χ3v) is 4.94. The van der Waals surface area contributed by atoms with E-state index in [1.54, 1.807) is 39.1 Å². The summed E-state index contributed by atoms with van der Waals surface area (Å²) in [6.45, 7) is 3.49. The van der Waals surface area contributed by atoms with E-state index < -0.39 is 17.3 Å². The first-order chi connectivity index (χ1) is 13.4. The van der Waals surface area contributed by atoms with Crippen LogP contribution in [0.5, 0.6) is 5.75 Å². The number of nitrogens with zero attached hydrogens (tertiary/aromatic N) is 3. The van der Waals surface area contributed by atoms with E-state index in [9.17, 15) is 13.2 Å². The third-order valence-electron chi connectivity index (χ3n) is 4.32. The Morgan fingerprint density at radius 2 is 1.62 bits per heavy atom. The predicted octanol–water partition coefficient (Wildman–Crippen LogP) is 4.74. The van der Waals surface area contributed by atoms with Crippen molar-refractivity contribution in [2.75, 3.05) is 11.5 Å². The highest BCUT2D eigenvalue weighted by atomic mass is 79.9. The Kier molecular flexibility index (Phi) is 5.24. The number of halogens is 4. The van der Waals surface area contributed by atoms with E-state index in [2.05, 4.69) is 26.1 Å². The number of nitrogens with two attached hydrogens (primary N) is 2. The summed E-state index contributed by atoms with van der Waals surface area (Å²) < 4.78 is 48.7. The molecule has 0 unspecified atom stereocenters. The molecule has 0 saturated heterocycles. The van der Waals surface area contributed by atoms with Crippen molar-refractivity contribution in [2.45, 2.75) is 25.6 Å². The summed E-state index contributed by atoms with van der Waals surface area (Å²) in [7, 11) is 1.59. The van der Waals surface area contributed by atoms with Crippen molar-refractivity contribution in [3.63, 3.8) is 0 Å². The molecule has 0 bridgehead atoms. The second-order valence-electron chi connectivity index (χ2n) is 7.01. The van der Waals surface area contributed by atoms with Gasteiger partial charge in [0, 0.05) is 24.0 Å². The van der Waals surface area contributed by atoms with Crippen LogP contribution in [0.1, 0.15) is 25.2 Å². The second-order valence-corrected chi connectivity index (χ2v) is 7.87.